The van der Waals surface area contributed by atoms with Gasteiger partial charge < -0.3 is 9.11 Å². The van der Waals surface area contributed by atoms with E-state index in [-0.39, 0.29) is 0 Å². The topological polar surface area (TPSA) is 136 Å². The minimum Gasteiger partial charge on any atom is -0.759 e. The largest absolute Gasteiger partial charge is 0.759 e. The Morgan fingerprint density at radius 2 is 1.20 bits per heavy atom. The highest BCUT2D eigenvalue weighted by Crippen LogP contribution is 1.87. The lowest BCUT2D eigenvalue weighted by Crippen LogP contribution is -2.35. The molecule has 132 valence electrons. The highest BCUT2D eigenvalue weighted by Gasteiger charge is 2.03. The van der Waals surface area contributed by atoms with Crippen LogP contribution in [0.4, 0.5) is 0 Å². The van der Waals surface area contributed by atoms with Crippen LogP contribution in [-0.4, -0.2) is 17.5 Å². The van der Waals surface area contributed by atoms with Gasteiger partial charge in [0, 0.05) is 34.7 Å². The molecule has 0 aromatic carbocycles. The summed E-state index contributed by atoms with van der Waals surface area (Å²) in [6.45, 7) is 5.73. The molecular formula is C16H18N4O4S. The standard InChI is InChI=1S/2C8H9N2.H2O4S/c2*1-2-10-6-4-3-5-8(10)7-9;1-5(2,3)4/h2*3-6H,2H2,1H3;(H2,1,2,3,4)/q2*+1;/p-2. The quantitative estimate of drug-likeness (QED) is 0.431. The van der Waals surface area contributed by atoms with Crippen LogP contribution in [0.3, 0.4) is 0 Å². The second-order valence-electron chi connectivity index (χ2n) is 4.38. The van der Waals surface area contributed by atoms with Gasteiger partial charge in [0.15, 0.2) is 24.5 Å². The summed E-state index contributed by atoms with van der Waals surface area (Å²) in [7, 11) is -5.17. The van der Waals surface area contributed by atoms with Gasteiger partial charge in [-0.3, -0.25) is 8.42 Å². The lowest BCUT2D eigenvalue weighted by Gasteiger charge is -2.06. The molecule has 2 aromatic heterocycles. The molecule has 0 fully saturated rings. The number of aryl methyl sites for hydroxylation is 2. The van der Waals surface area contributed by atoms with Crippen LogP contribution < -0.4 is 9.13 Å². The second-order valence-corrected chi connectivity index (χ2v) is 5.19. The number of hydrogen-bond acceptors (Lipinski definition) is 6. The first-order chi connectivity index (χ1) is 11.8. The predicted octanol–water partition coefficient (Wildman–Crippen LogP) is 0.393. The van der Waals surface area contributed by atoms with E-state index in [4.69, 9.17) is 28.0 Å². The normalized spacial score (nSPS) is 9.36. The summed E-state index contributed by atoms with van der Waals surface area (Å²) in [5.41, 5.74) is 1.43. The number of nitrogens with zero attached hydrogens (tertiary/aromatic N) is 4. The summed E-state index contributed by atoms with van der Waals surface area (Å²) >= 11 is 0. The molecule has 0 spiro atoms. The summed E-state index contributed by atoms with van der Waals surface area (Å²) in [5, 5.41) is 17.2. The first-order valence-electron chi connectivity index (χ1n) is 7.20. The molecule has 0 saturated carbocycles. The third kappa shape index (κ3) is 10.5. The lowest BCUT2D eigenvalue weighted by molar-refractivity contribution is -0.696. The Hall–Kier alpha value is -2.85. The maximum atomic E-state index is 8.58. The molecule has 0 N–H and O–H groups in total. The maximum absolute atomic E-state index is 8.58. The fourth-order valence-electron chi connectivity index (χ4n) is 1.71. The Bertz CT molecular complexity index is 789. The second kappa shape index (κ2) is 11.6. The predicted molar refractivity (Wildman–Crippen MR) is 84.5 cm³/mol. The van der Waals surface area contributed by atoms with Crippen molar-refractivity contribution < 1.29 is 26.7 Å². The van der Waals surface area contributed by atoms with Crippen LogP contribution in [-0.2, 0) is 23.5 Å². The van der Waals surface area contributed by atoms with Gasteiger partial charge in [-0.1, -0.05) is 0 Å². The summed E-state index contributed by atoms with van der Waals surface area (Å²) < 4.78 is 37.9. The highest BCUT2D eigenvalue weighted by atomic mass is 32.3. The van der Waals surface area contributed by atoms with Crippen LogP contribution >= 0.6 is 0 Å². The Morgan fingerprint density at radius 1 is 0.880 bits per heavy atom. The van der Waals surface area contributed by atoms with Crippen molar-refractivity contribution in [2.24, 2.45) is 0 Å². The summed E-state index contributed by atoms with van der Waals surface area (Å²) in [6, 6.07) is 15.4. The third-order valence-corrected chi connectivity index (χ3v) is 2.79. The molecule has 9 heteroatoms. The third-order valence-electron chi connectivity index (χ3n) is 2.79. The average Bonchev–Trinajstić information content (AvgIpc) is 2.60. The van der Waals surface area contributed by atoms with E-state index in [1.54, 1.807) is 0 Å². The highest BCUT2D eigenvalue weighted by molar-refractivity contribution is 7.79. The average molecular weight is 362 g/mol. The number of hydrogen-bond donors (Lipinski definition) is 0. The van der Waals surface area contributed by atoms with Crippen LogP contribution in [0.15, 0.2) is 48.8 Å². The Kier molecular flexibility index (Phi) is 10.3. The van der Waals surface area contributed by atoms with E-state index in [0.717, 1.165) is 13.1 Å². The molecule has 25 heavy (non-hydrogen) atoms. The van der Waals surface area contributed by atoms with Crippen LogP contribution in [0.25, 0.3) is 0 Å². The van der Waals surface area contributed by atoms with Crippen LogP contribution in [0.2, 0.25) is 0 Å². The van der Waals surface area contributed by atoms with Crippen molar-refractivity contribution in [2.45, 2.75) is 26.9 Å². The molecule has 0 radical (unpaired) electrons. The number of pyridine rings is 2. The monoisotopic (exact) mass is 362 g/mol. The summed E-state index contributed by atoms with van der Waals surface area (Å²) in [6.07, 6.45) is 3.80. The fraction of sp³-hybridized carbons (Fsp3) is 0.250. The molecule has 0 amide bonds. The van der Waals surface area contributed by atoms with E-state index >= 15 is 0 Å². The van der Waals surface area contributed by atoms with Crippen molar-refractivity contribution in [2.75, 3.05) is 0 Å². The molecular weight excluding hydrogens is 344 g/mol. The molecule has 0 aliphatic rings. The molecule has 8 nitrogen and oxygen atoms in total. The first kappa shape index (κ1) is 22.1. The zero-order chi connectivity index (χ0) is 19.3. The molecule has 0 atom stereocenters. The zero-order valence-corrected chi connectivity index (χ0v) is 14.7. The minimum atomic E-state index is -5.17. The van der Waals surface area contributed by atoms with Crippen LogP contribution in [0.5, 0.6) is 0 Å². The number of nitriles is 2. The molecule has 2 aromatic rings. The van der Waals surface area contributed by atoms with Crippen molar-refractivity contribution in [3.8, 4) is 12.1 Å². The van der Waals surface area contributed by atoms with Crippen LogP contribution in [0, 0.1) is 22.7 Å². The fourth-order valence-corrected chi connectivity index (χ4v) is 1.71. The molecule has 0 saturated heterocycles. The number of rotatable bonds is 2. The zero-order valence-electron chi connectivity index (χ0n) is 13.9. The van der Waals surface area contributed by atoms with Crippen LogP contribution in [0.1, 0.15) is 25.2 Å². The van der Waals surface area contributed by atoms with Crippen molar-refractivity contribution in [1.82, 2.24) is 0 Å². The van der Waals surface area contributed by atoms with E-state index in [9.17, 15) is 0 Å². The van der Waals surface area contributed by atoms with Crippen molar-refractivity contribution in [3.05, 3.63) is 60.2 Å². The molecule has 2 rings (SSSR count). The maximum Gasteiger partial charge on any atom is 0.283 e. The van der Waals surface area contributed by atoms with Gasteiger partial charge in [-0.25, -0.2) is 0 Å². The first-order valence-corrected chi connectivity index (χ1v) is 8.53. The van der Waals surface area contributed by atoms with E-state index in [1.165, 1.54) is 0 Å². The summed E-state index contributed by atoms with van der Waals surface area (Å²) in [5.74, 6) is 0. The molecule has 0 bridgehead atoms. The van der Waals surface area contributed by atoms with Gasteiger partial charge in [0.25, 0.3) is 11.4 Å². The van der Waals surface area contributed by atoms with Gasteiger partial charge >= 0.3 is 0 Å². The van der Waals surface area contributed by atoms with Crippen molar-refractivity contribution in [1.29, 1.82) is 10.5 Å². The van der Waals surface area contributed by atoms with Gasteiger partial charge in [-0.2, -0.15) is 19.7 Å². The number of aromatic nitrogens is 2. The van der Waals surface area contributed by atoms with E-state index < -0.39 is 10.4 Å². The summed E-state index contributed by atoms with van der Waals surface area (Å²) in [4.78, 5) is 0. The molecule has 2 heterocycles. The van der Waals surface area contributed by atoms with Gasteiger partial charge in [0.05, 0.1) is 0 Å². The van der Waals surface area contributed by atoms with Crippen molar-refractivity contribution >= 4 is 10.4 Å². The Balaban J connectivity index is 0.000000368. The van der Waals surface area contributed by atoms with Gasteiger partial charge in [0.1, 0.15) is 13.1 Å². The Morgan fingerprint density at radius 3 is 1.40 bits per heavy atom. The van der Waals surface area contributed by atoms with Gasteiger partial charge in [0.2, 0.25) is 0 Å². The van der Waals surface area contributed by atoms with E-state index in [1.807, 2.05) is 71.8 Å². The minimum absolute atomic E-state index is 0.713. The SMILES string of the molecule is CC[n+]1ccccc1C#N.CC[n+]1ccccc1C#N.O=S(=O)([O-])[O-]. The van der Waals surface area contributed by atoms with E-state index in [0.29, 0.717) is 11.4 Å². The van der Waals surface area contributed by atoms with Gasteiger partial charge in [-0.05, 0) is 26.0 Å². The van der Waals surface area contributed by atoms with Gasteiger partial charge in [-0.15, -0.1) is 0 Å². The Labute approximate surface area is 147 Å². The van der Waals surface area contributed by atoms with E-state index in [2.05, 4.69) is 12.1 Å². The smallest absolute Gasteiger partial charge is 0.283 e. The molecule has 0 aliphatic heterocycles. The lowest BCUT2D eigenvalue weighted by atomic mass is 10.3. The van der Waals surface area contributed by atoms with Crippen molar-refractivity contribution in [3.63, 3.8) is 0 Å². The molecule has 0 aliphatic carbocycles. The molecule has 0 unspecified atom stereocenters.